The van der Waals surface area contributed by atoms with E-state index in [-0.39, 0.29) is 35.0 Å². The van der Waals surface area contributed by atoms with Crippen molar-refractivity contribution < 1.29 is 23.8 Å². The molecule has 5 heteroatoms. The number of ether oxygens (including phenoxy) is 3. The molecule has 0 aromatic rings. The van der Waals surface area contributed by atoms with Crippen LogP contribution in [0.1, 0.15) is 52.4 Å². The minimum absolute atomic E-state index is 0.110. The normalized spacial score (nSPS) is 53.8. The molecule has 5 nitrogen and oxygen atoms in total. The predicted octanol–water partition coefficient (Wildman–Crippen LogP) is 2.22. The molecule has 0 aromatic heterocycles. The number of esters is 2. The van der Waals surface area contributed by atoms with Gasteiger partial charge in [0.1, 0.15) is 10.8 Å². The van der Waals surface area contributed by atoms with Gasteiger partial charge < -0.3 is 14.2 Å². The van der Waals surface area contributed by atoms with Crippen molar-refractivity contribution in [1.82, 2.24) is 0 Å². The fourth-order valence-corrected chi connectivity index (χ4v) is 7.45. The molecule has 2 bridgehead atoms. The molecule has 4 unspecified atom stereocenters. The Hall–Kier alpha value is -1.10. The molecule has 0 radical (unpaired) electrons. The van der Waals surface area contributed by atoms with Gasteiger partial charge in [0.05, 0.1) is 25.4 Å². The second kappa shape index (κ2) is 3.93. The Morgan fingerprint density at radius 3 is 1.70 bits per heavy atom. The Morgan fingerprint density at radius 1 is 0.870 bits per heavy atom. The molecule has 126 valence electrons. The van der Waals surface area contributed by atoms with Crippen molar-refractivity contribution in [3.63, 3.8) is 0 Å². The monoisotopic (exact) mass is 320 g/mol. The van der Waals surface area contributed by atoms with Crippen LogP contribution in [-0.2, 0) is 23.8 Å². The van der Waals surface area contributed by atoms with Crippen molar-refractivity contribution >= 4 is 11.9 Å². The second-order valence-electron chi connectivity index (χ2n) is 7.81. The first-order chi connectivity index (χ1) is 11.1. The summed E-state index contributed by atoms with van der Waals surface area (Å²) in [7, 11) is 0. The van der Waals surface area contributed by atoms with Crippen LogP contribution in [0, 0.1) is 21.7 Å². The highest BCUT2D eigenvalue weighted by Gasteiger charge is 3.23. The fourth-order valence-electron chi connectivity index (χ4n) is 7.45. The molecule has 23 heavy (non-hydrogen) atoms. The Balaban J connectivity index is 1.62. The lowest BCUT2D eigenvalue weighted by Crippen LogP contribution is -2.55. The fraction of sp³-hybridized carbons (Fsp3) is 0.889. The van der Waals surface area contributed by atoms with Gasteiger partial charge in [0.25, 0.3) is 0 Å². The molecule has 6 fully saturated rings. The first-order valence-electron chi connectivity index (χ1n) is 9.14. The van der Waals surface area contributed by atoms with Gasteiger partial charge in [-0.1, -0.05) is 25.7 Å². The van der Waals surface area contributed by atoms with Crippen LogP contribution in [0.4, 0.5) is 0 Å². The van der Waals surface area contributed by atoms with Crippen LogP contribution in [0.2, 0.25) is 0 Å². The first-order valence-corrected chi connectivity index (χ1v) is 9.14. The number of hydrogen-bond acceptors (Lipinski definition) is 5. The van der Waals surface area contributed by atoms with Crippen LogP contribution in [0.25, 0.3) is 0 Å². The van der Waals surface area contributed by atoms with E-state index < -0.39 is 10.8 Å². The van der Waals surface area contributed by atoms with Gasteiger partial charge in [0.15, 0.2) is 0 Å². The zero-order chi connectivity index (χ0) is 16.1. The summed E-state index contributed by atoms with van der Waals surface area (Å²) >= 11 is 0. The Kier molecular flexibility index (Phi) is 2.44. The highest BCUT2D eigenvalue weighted by atomic mass is 16.6. The van der Waals surface area contributed by atoms with Gasteiger partial charge in [0, 0.05) is 10.8 Å². The molecule has 2 saturated heterocycles. The quantitative estimate of drug-likeness (QED) is 0.743. The molecule has 2 aliphatic heterocycles. The first kappa shape index (κ1) is 14.3. The molecule has 0 aromatic carbocycles. The van der Waals surface area contributed by atoms with Crippen molar-refractivity contribution in [2.75, 3.05) is 13.2 Å². The summed E-state index contributed by atoms with van der Waals surface area (Å²) in [5.74, 6) is -0.427. The SMILES string of the molecule is CCOC(=O)C12[C@@H]3O[C@H]4C5(CCCCCCC351)C42C(=O)OCC. The lowest BCUT2D eigenvalue weighted by Gasteiger charge is -2.46. The molecular weight excluding hydrogens is 296 g/mol. The topological polar surface area (TPSA) is 61.8 Å². The highest BCUT2D eigenvalue weighted by Crippen LogP contribution is 3.12. The number of hydrogen-bond donors (Lipinski definition) is 0. The predicted molar refractivity (Wildman–Crippen MR) is 79.4 cm³/mol. The third-order valence-electron chi connectivity index (χ3n) is 7.70. The Bertz CT molecular complexity index is 565. The molecule has 0 amide bonds. The van der Waals surface area contributed by atoms with Crippen LogP contribution in [-0.4, -0.2) is 37.4 Å². The lowest BCUT2D eigenvalue weighted by atomic mass is 9.53. The third kappa shape index (κ3) is 0.966. The summed E-state index contributed by atoms with van der Waals surface area (Å²) in [6.07, 6.45) is 6.43. The number of carbonyl (C=O) groups is 2. The summed E-state index contributed by atoms with van der Waals surface area (Å²) in [5.41, 5.74) is -1.73. The van der Waals surface area contributed by atoms with E-state index in [0.29, 0.717) is 13.2 Å². The standard InChI is InChI=1S/C18H24O5/c1-3-21-13(19)17-11-15(17)9-7-5-6-8-10-16(15)12(23-11)18(16,17)14(20)22-4-2/h11-12H,3-10H2,1-2H3/t11-,12+,15?,16?,17?,18?. The van der Waals surface area contributed by atoms with E-state index in [0.717, 1.165) is 25.7 Å². The highest BCUT2D eigenvalue weighted by molar-refractivity contribution is 6.05. The van der Waals surface area contributed by atoms with E-state index in [4.69, 9.17) is 14.2 Å². The zero-order valence-electron chi connectivity index (χ0n) is 13.9. The van der Waals surface area contributed by atoms with E-state index in [1.54, 1.807) is 0 Å². The van der Waals surface area contributed by atoms with Gasteiger partial charge in [-0.2, -0.15) is 0 Å². The van der Waals surface area contributed by atoms with Gasteiger partial charge in [-0.3, -0.25) is 9.59 Å². The van der Waals surface area contributed by atoms with Gasteiger partial charge in [-0.05, 0) is 26.7 Å². The minimum atomic E-state index is -0.732. The van der Waals surface area contributed by atoms with E-state index >= 15 is 0 Å². The van der Waals surface area contributed by atoms with Crippen molar-refractivity contribution in [1.29, 1.82) is 0 Å². The number of rotatable bonds is 4. The molecule has 6 atom stereocenters. The molecule has 6 rings (SSSR count). The summed E-state index contributed by atoms with van der Waals surface area (Å²) in [5, 5.41) is 0. The van der Waals surface area contributed by atoms with Crippen LogP contribution < -0.4 is 0 Å². The van der Waals surface area contributed by atoms with Crippen LogP contribution >= 0.6 is 0 Å². The van der Waals surface area contributed by atoms with Crippen LogP contribution in [0.3, 0.4) is 0 Å². The Morgan fingerprint density at radius 2 is 1.30 bits per heavy atom. The zero-order valence-corrected chi connectivity index (χ0v) is 13.9. The second-order valence-corrected chi connectivity index (χ2v) is 7.81. The van der Waals surface area contributed by atoms with Crippen LogP contribution in [0.5, 0.6) is 0 Å². The van der Waals surface area contributed by atoms with E-state index in [1.165, 1.54) is 12.8 Å². The van der Waals surface area contributed by atoms with Crippen molar-refractivity contribution in [2.24, 2.45) is 21.7 Å². The minimum Gasteiger partial charge on any atom is -0.465 e. The van der Waals surface area contributed by atoms with Gasteiger partial charge in [-0.15, -0.1) is 0 Å². The molecule has 2 spiro atoms. The van der Waals surface area contributed by atoms with Crippen molar-refractivity contribution in [3.8, 4) is 0 Å². The molecule has 0 N–H and O–H groups in total. The summed E-state index contributed by atoms with van der Waals surface area (Å²) < 4.78 is 17.1. The maximum Gasteiger partial charge on any atom is 0.316 e. The molecule has 4 aliphatic carbocycles. The molecule has 6 aliphatic rings. The van der Waals surface area contributed by atoms with Gasteiger partial charge >= 0.3 is 11.9 Å². The number of carbonyl (C=O) groups excluding carboxylic acids is 2. The summed E-state index contributed by atoms with van der Waals surface area (Å²) in [4.78, 5) is 25.8. The maximum atomic E-state index is 12.9. The van der Waals surface area contributed by atoms with E-state index in [2.05, 4.69) is 0 Å². The van der Waals surface area contributed by atoms with Crippen LogP contribution in [0.15, 0.2) is 0 Å². The lowest BCUT2D eigenvalue weighted by molar-refractivity contribution is -0.184. The largest absolute Gasteiger partial charge is 0.465 e. The molecular formula is C18H24O5. The summed E-state index contributed by atoms with van der Waals surface area (Å²) in [6.45, 7) is 4.34. The molecule has 4 saturated carbocycles. The van der Waals surface area contributed by atoms with E-state index in [9.17, 15) is 9.59 Å². The maximum absolute atomic E-state index is 12.9. The van der Waals surface area contributed by atoms with Gasteiger partial charge in [0.2, 0.25) is 0 Å². The van der Waals surface area contributed by atoms with Crippen molar-refractivity contribution in [3.05, 3.63) is 0 Å². The smallest absolute Gasteiger partial charge is 0.316 e. The van der Waals surface area contributed by atoms with Crippen molar-refractivity contribution in [2.45, 2.75) is 64.6 Å². The average molecular weight is 320 g/mol. The third-order valence-corrected chi connectivity index (χ3v) is 7.70. The van der Waals surface area contributed by atoms with E-state index in [1.807, 2.05) is 13.8 Å². The average Bonchev–Trinajstić information content (AvgIpc) is 3.14. The summed E-state index contributed by atoms with van der Waals surface area (Å²) in [6, 6.07) is 0. The Labute approximate surface area is 136 Å². The molecule has 2 heterocycles. The van der Waals surface area contributed by atoms with Gasteiger partial charge in [-0.25, -0.2) is 0 Å².